The molecule has 0 saturated heterocycles. The van der Waals surface area contributed by atoms with E-state index in [0.717, 1.165) is 16.9 Å². The molecular formula is C22H23N6O+. The van der Waals surface area contributed by atoms with E-state index in [-0.39, 0.29) is 16.5 Å². The van der Waals surface area contributed by atoms with Gasteiger partial charge < -0.3 is 5.32 Å². The van der Waals surface area contributed by atoms with Crippen molar-refractivity contribution in [2.45, 2.75) is 26.3 Å². The molecule has 29 heavy (non-hydrogen) atoms. The Morgan fingerprint density at radius 1 is 1.07 bits per heavy atom. The number of para-hydroxylation sites is 2. The minimum absolute atomic E-state index is 0.0321. The molecule has 4 rings (SSSR count). The highest BCUT2D eigenvalue weighted by Crippen LogP contribution is 2.41. The molecule has 2 N–H and O–H groups in total. The van der Waals surface area contributed by atoms with E-state index in [1.54, 1.807) is 18.6 Å². The van der Waals surface area contributed by atoms with Crippen LogP contribution in [0.5, 0.6) is 0 Å². The summed E-state index contributed by atoms with van der Waals surface area (Å²) in [5.41, 5.74) is 5.84. The number of fused-ring (bicyclic) bond motifs is 1. The van der Waals surface area contributed by atoms with Gasteiger partial charge in [0.2, 0.25) is 12.3 Å². The molecule has 1 aliphatic rings. The fourth-order valence-corrected chi connectivity index (χ4v) is 3.32. The number of aliphatic imine (C=N–C) groups is 1. The van der Waals surface area contributed by atoms with Gasteiger partial charge in [0, 0.05) is 24.8 Å². The molecule has 7 heteroatoms. The van der Waals surface area contributed by atoms with Crippen molar-refractivity contribution in [2.75, 3.05) is 5.32 Å². The van der Waals surface area contributed by atoms with Crippen molar-refractivity contribution in [3.63, 3.8) is 0 Å². The molecule has 0 aliphatic carbocycles. The molecule has 1 aliphatic heterocycles. The van der Waals surface area contributed by atoms with Gasteiger partial charge in [-0.25, -0.2) is 4.98 Å². The molecule has 2 heterocycles. The van der Waals surface area contributed by atoms with Crippen LogP contribution in [0.2, 0.25) is 0 Å². The first-order valence-corrected chi connectivity index (χ1v) is 9.62. The molecule has 2 aromatic carbocycles. The van der Waals surface area contributed by atoms with Gasteiger partial charge in [-0.1, -0.05) is 54.0 Å². The van der Waals surface area contributed by atoms with Gasteiger partial charge in [0.1, 0.15) is 5.69 Å². The fraction of sp³-hybridized carbons (Fsp3) is 0.182. The lowest BCUT2D eigenvalue weighted by atomic mass is 10.1. The summed E-state index contributed by atoms with van der Waals surface area (Å²) in [5.74, 6) is 0.997. The van der Waals surface area contributed by atoms with Crippen LogP contribution in [0.3, 0.4) is 0 Å². The van der Waals surface area contributed by atoms with Crippen molar-refractivity contribution in [1.82, 2.24) is 20.0 Å². The van der Waals surface area contributed by atoms with E-state index >= 15 is 0 Å². The quantitative estimate of drug-likeness (QED) is 0.614. The van der Waals surface area contributed by atoms with Crippen LogP contribution in [0.4, 0.5) is 23.1 Å². The van der Waals surface area contributed by atoms with Crippen molar-refractivity contribution >= 4 is 35.4 Å². The van der Waals surface area contributed by atoms with E-state index in [1.807, 2.05) is 49.4 Å². The topological polar surface area (TPSA) is 79.3 Å². The zero-order chi connectivity index (χ0) is 20.3. The summed E-state index contributed by atoms with van der Waals surface area (Å²) in [6, 6.07) is 19.6. The Kier molecular flexibility index (Phi) is 5.05. The van der Waals surface area contributed by atoms with Crippen LogP contribution in [-0.2, 0) is 4.79 Å². The zero-order valence-corrected chi connectivity index (χ0v) is 16.4. The average Bonchev–Trinajstić information content (AvgIpc) is 3.14. The van der Waals surface area contributed by atoms with E-state index in [2.05, 4.69) is 39.8 Å². The number of amides is 1. The number of carbonyl (C=O) groups excluding carboxylic acids is 1. The molecule has 0 bridgehead atoms. The Morgan fingerprint density at radius 2 is 1.83 bits per heavy atom. The minimum atomic E-state index is -0.0982. The maximum atomic E-state index is 12.4. The lowest BCUT2D eigenvalue weighted by molar-refractivity contribution is -0.122. The number of rotatable bonds is 6. The molecule has 3 aromatic rings. The number of nitrogens with zero attached hydrogens (tertiary/aromatic N) is 4. The number of aromatic nitrogens is 2. The van der Waals surface area contributed by atoms with Crippen molar-refractivity contribution < 1.29 is 4.79 Å². The van der Waals surface area contributed by atoms with Gasteiger partial charge in [0.25, 0.3) is 11.7 Å². The van der Waals surface area contributed by atoms with Crippen LogP contribution in [0, 0.1) is 0 Å². The SMILES string of the molecule is CCC(=O)N[N+]1(c2ccnc(NC(C)c3ccccc3)n2)C=Nc2ccccc21. The van der Waals surface area contributed by atoms with Gasteiger partial charge in [-0.3, -0.25) is 4.79 Å². The Bertz CT molecular complexity index is 1050. The molecule has 0 spiro atoms. The predicted molar refractivity (Wildman–Crippen MR) is 115 cm³/mol. The number of quaternary nitrogens is 1. The first-order chi connectivity index (χ1) is 14.1. The van der Waals surface area contributed by atoms with Crippen molar-refractivity contribution in [1.29, 1.82) is 0 Å². The third-order valence-electron chi connectivity index (χ3n) is 4.90. The first-order valence-electron chi connectivity index (χ1n) is 9.62. The van der Waals surface area contributed by atoms with Crippen LogP contribution < -0.4 is 15.3 Å². The Balaban J connectivity index is 1.71. The van der Waals surface area contributed by atoms with E-state index in [4.69, 9.17) is 4.98 Å². The second kappa shape index (κ2) is 7.81. The van der Waals surface area contributed by atoms with Gasteiger partial charge in [0.15, 0.2) is 5.69 Å². The molecule has 7 nitrogen and oxygen atoms in total. The van der Waals surface area contributed by atoms with E-state index in [1.165, 1.54) is 0 Å². The molecule has 0 saturated carbocycles. The van der Waals surface area contributed by atoms with Gasteiger partial charge >= 0.3 is 0 Å². The summed E-state index contributed by atoms with van der Waals surface area (Å²) in [6.45, 7) is 3.88. The predicted octanol–water partition coefficient (Wildman–Crippen LogP) is 4.40. The van der Waals surface area contributed by atoms with Gasteiger partial charge in [-0.05, 0) is 18.6 Å². The number of hydrogen-bond donors (Lipinski definition) is 2. The van der Waals surface area contributed by atoms with Crippen LogP contribution >= 0.6 is 0 Å². The molecule has 2 unspecified atom stereocenters. The molecule has 2 atom stereocenters. The van der Waals surface area contributed by atoms with Gasteiger partial charge in [-0.15, -0.1) is 0 Å². The molecule has 1 amide bonds. The molecule has 146 valence electrons. The number of benzene rings is 2. The monoisotopic (exact) mass is 387 g/mol. The van der Waals surface area contributed by atoms with Gasteiger partial charge in [0.05, 0.1) is 6.04 Å². The third kappa shape index (κ3) is 3.60. The van der Waals surface area contributed by atoms with Crippen molar-refractivity contribution in [2.24, 2.45) is 4.99 Å². The summed E-state index contributed by atoms with van der Waals surface area (Å²) in [4.78, 5) is 26.0. The Morgan fingerprint density at radius 3 is 2.62 bits per heavy atom. The third-order valence-corrected chi connectivity index (χ3v) is 4.90. The lowest BCUT2D eigenvalue weighted by Gasteiger charge is -2.28. The Hall–Kier alpha value is -3.58. The highest BCUT2D eigenvalue weighted by Gasteiger charge is 2.42. The summed E-state index contributed by atoms with van der Waals surface area (Å²) < 4.78 is -0.0697. The molecule has 0 fully saturated rings. The standard InChI is InChI=1S/C22H22N6O/c1-3-21(29)27-28(15-24-18-11-7-8-12-19(18)28)20-13-14-23-22(26-20)25-16(2)17-9-5-4-6-10-17/h4-16H,3H2,1-2H3,(H-,23,25,26,27,29)/p+1. The van der Waals surface area contributed by atoms with Crippen LogP contribution in [0.1, 0.15) is 31.9 Å². The molecule has 0 radical (unpaired) electrons. The summed E-state index contributed by atoms with van der Waals surface area (Å²) in [7, 11) is 0. The summed E-state index contributed by atoms with van der Waals surface area (Å²) in [6.07, 6.45) is 3.75. The van der Waals surface area contributed by atoms with Crippen LogP contribution in [0.15, 0.2) is 71.9 Å². The zero-order valence-electron chi connectivity index (χ0n) is 16.4. The van der Waals surface area contributed by atoms with Crippen LogP contribution in [0.25, 0.3) is 0 Å². The normalized spacial score (nSPS) is 18.1. The summed E-state index contributed by atoms with van der Waals surface area (Å²) in [5, 5.41) is 3.34. The number of hydrogen-bond acceptors (Lipinski definition) is 5. The highest BCUT2D eigenvalue weighted by molar-refractivity contribution is 5.96. The van der Waals surface area contributed by atoms with E-state index < -0.39 is 0 Å². The first kappa shape index (κ1) is 18.8. The maximum absolute atomic E-state index is 12.4. The minimum Gasteiger partial charge on any atom is -0.348 e. The van der Waals surface area contributed by atoms with E-state index in [0.29, 0.717) is 18.2 Å². The fourth-order valence-electron chi connectivity index (χ4n) is 3.32. The second-order valence-corrected chi connectivity index (χ2v) is 6.86. The van der Waals surface area contributed by atoms with Crippen molar-refractivity contribution in [3.8, 4) is 0 Å². The summed E-state index contributed by atoms with van der Waals surface area (Å²) >= 11 is 0. The molecule has 1 aromatic heterocycles. The second-order valence-electron chi connectivity index (χ2n) is 6.86. The van der Waals surface area contributed by atoms with E-state index in [9.17, 15) is 4.79 Å². The number of nitrogens with one attached hydrogen (secondary N) is 2. The van der Waals surface area contributed by atoms with Crippen molar-refractivity contribution in [3.05, 3.63) is 72.4 Å². The van der Waals surface area contributed by atoms with Gasteiger partial charge in [-0.2, -0.15) is 15.4 Å². The number of carbonyl (C=O) groups is 1. The molecular weight excluding hydrogens is 364 g/mol. The highest BCUT2D eigenvalue weighted by atomic mass is 16.2. The van der Waals surface area contributed by atoms with Crippen LogP contribution in [-0.4, -0.2) is 22.2 Å². The maximum Gasteiger partial charge on any atom is 0.268 e. The Labute approximate surface area is 169 Å². The lowest BCUT2D eigenvalue weighted by Crippen LogP contribution is -2.56. The smallest absolute Gasteiger partial charge is 0.268 e. The number of anilines is 1. The largest absolute Gasteiger partial charge is 0.348 e. The average molecular weight is 387 g/mol.